The first kappa shape index (κ1) is 10.2. The van der Waals surface area contributed by atoms with Gasteiger partial charge in [-0.15, -0.1) is 6.58 Å². The summed E-state index contributed by atoms with van der Waals surface area (Å²) in [5, 5.41) is 9.47. The van der Waals surface area contributed by atoms with E-state index in [0.717, 1.165) is 0 Å². The van der Waals surface area contributed by atoms with Gasteiger partial charge in [-0.05, 0) is 18.6 Å². The molecule has 1 unspecified atom stereocenters. The molecule has 0 radical (unpaired) electrons. The van der Waals surface area contributed by atoms with Crippen LogP contribution < -0.4 is 0 Å². The SMILES string of the molecule is C=CCC(O)c1ccc(Cl)nc1F. The molecular formula is C9H9ClFNO. The van der Waals surface area contributed by atoms with Crippen LogP contribution in [0.1, 0.15) is 18.1 Å². The van der Waals surface area contributed by atoms with Gasteiger partial charge in [-0.1, -0.05) is 17.7 Å². The van der Waals surface area contributed by atoms with Gasteiger partial charge in [-0.25, -0.2) is 4.98 Å². The van der Waals surface area contributed by atoms with Crippen LogP contribution in [0.4, 0.5) is 4.39 Å². The predicted octanol–water partition coefficient (Wildman–Crippen LogP) is 2.48. The summed E-state index contributed by atoms with van der Waals surface area (Å²) in [5.41, 5.74) is 0.143. The first-order valence-corrected chi connectivity index (χ1v) is 4.14. The molecule has 1 N–H and O–H groups in total. The Bertz CT molecular complexity index is 316. The average Bonchev–Trinajstić information content (AvgIpc) is 2.04. The van der Waals surface area contributed by atoms with Crippen LogP contribution >= 0.6 is 11.6 Å². The summed E-state index contributed by atoms with van der Waals surface area (Å²) in [6.45, 7) is 3.44. The van der Waals surface area contributed by atoms with Gasteiger partial charge in [0.15, 0.2) is 0 Å². The van der Waals surface area contributed by atoms with Gasteiger partial charge in [-0.2, -0.15) is 4.39 Å². The average molecular weight is 202 g/mol. The van der Waals surface area contributed by atoms with Gasteiger partial charge >= 0.3 is 0 Å². The zero-order valence-corrected chi connectivity index (χ0v) is 7.63. The van der Waals surface area contributed by atoms with Crippen LogP contribution in [0.5, 0.6) is 0 Å². The number of aliphatic hydroxyl groups excluding tert-OH is 1. The third-order valence-electron chi connectivity index (χ3n) is 1.59. The molecule has 4 heteroatoms. The first-order valence-electron chi connectivity index (χ1n) is 3.76. The zero-order chi connectivity index (χ0) is 9.84. The predicted molar refractivity (Wildman–Crippen MR) is 49.0 cm³/mol. The fourth-order valence-electron chi connectivity index (χ4n) is 0.956. The van der Waals surface area contributed by atoms with Gasteiger partial charge in [0.2, 0.25) is 5.95 Å². The fraction of sp³-hybridized carbons (Fsp3) is 0.222. The Kier molecular flexibility index (Phi) is 3.39. The van der Waals surface area contributed by atoms with E-state index in [1.54, 1.807) is 0 Å². The topological polar surface area (TPSA) is 33.1 Å². The number of nitrogens with zero attached hydrogens (tertiary/aromatic N) is 1. The monoisotopic (exact) mass is 201 g/mol. The Morgan fingerprint density at radius 1 is 1.69 bits per heavy atom. The summed E-state index contributed by atoms with van der Waals surface area (Å²) in [6.07, 6.45) is 0.904. The highest BCUT2D eigenvalue weighted by molar-refractivity contribution is 6.29. The Hall–Kier alpha value is -0.930. The first-order chi connectivity index (χ1) is 6.15. The summed E-state index contributed by atoms with van der Waals surface area (Å²) in [5.74, 6) is -0.734. The summed E-state index contributed by atoms with van der Waals surface area (Å²) in [6, 6.07) is 2.85. The quantitative estimate of drug-likeness (QED) is 0.602. The molecule has 0 bridgehead atoms. The second-order valence-electron chi connectivity index (χ2n) is 2.55. The number of rotatable bonds is 3. The van der Waals surface area contributed by atoms with Crippen LogP contribution in [-0.4, -0.2) is 10.1 Å². The minimum atomic E-state index is -0.901. The lowest BCUT2D eigenvalue weighted by molar-refractivity contribution is 0.175. The second-order valence-corrected chi connectivity index (χ2v) is 2.94. The molecule has 0 saturated carbocycles. The van der Waals surface area contributed by atoms with Crippen molar-refractivity contribution < 1.29 is 9.50 Å². The highest BCUT2D eigenvalue weighted by Crippen LogP contribution is 2.20. The molecule has 2 nitrogen and oxygen atoms in total. The molecule has 0 aliphatic rings. The highest BCUT2D eigenvalue weighted by Gasteiger charge is 2.12. The zero-order valence-electron chi connectivity index (χ0n) is 6.87. The number of aromatic nitrogens is 1. The second kappa shape index (κ2) is 4.35. The molecule has 0 aromatic carbocycles. The smallest absolute Gasteiger partial charge is 0.220 e. The van der Waals surface area contributed by atoms with E-state index in [-0.39, 0.29) is 10.7 Å². The maximum atomic E-state index is 13.0. The van der Waals surface area contributed by atoms with Crippen molar-refractivity contribution in [3.8, 4) is 0 Å². The fourth-order valence-corrected chi connectivity index (χ4v) is 1.09. The van der Waals surface area contributed by atoms with Crippen molar-refractivity contribution in [2.75, 3.05) is 0 Å². The number of pyridine rings is 1. The number of halogens is 2. The van der Waals surface area contributed by atoms with E-state index in [1.165, 1.54) is 18.2 Å². The molecule has 0 aliphatic carbocycles. The van der Waals surface area contributed by atoms with E-state index >= 15 is 0 Å². The molecule has 1 aromatic rings. The summed E-state index contributed by atoms with van der Waals surface area (Å²) in [4.78, 5) is 3.38. The lowest BCUT2D eigenvalue weighted by Gasteiger charge is -2.08. The van der Waals surface area contributed by atoms with Crippen LogP contribution in [0, 0.1) is 5.95 Å². The molecule has 1 atom stereocenters. The third kappa shape index (κ3) is 2.50. The molecule has 1 rings (SSSR count). The Morgan fingerprint density at radius 2 is 2.38 bits per heavy atom. The molecule has 0 saturated heterocycles. The maximum Gasteiger partial charge on any atom is 0.220 e. The third-order valence-corrected chi connectivity index (χ3v) is 1.80. The lowest BCUT2D eigenvalue weighted by Crippen LogP contribution is -2.01. The van der Waals surface area contributed by atoms with E-state index in [2.05, 4.69) is 11.6 Å². The number of hydrogen-bond donors (Lipinski definition) is 1. The highest BCUT2D eigenvalue weighted by atomic mass is 35.5. The minimum absolute atomic E-state index is 0.0760. The molecule has 0 spiro atoms. The van der Waals surface area contributed by atoms with Crippen molar-refractivity contribution in [1.82, 2.24) is 4.98 Å². The van der Waals surface area contributed by atoms with Crippen molar-refractivity contribution in [3.63, 3.8) is 0 Å². The van der Waals surface area contributed by atoms with Gasteiger partial charge in [0.05, 0.1) is 6.10 Å². The van der Waals surface area contributed by atoms with Gasteiger partial charge < -0.3 is 5.11 Å². The van der Waals surface area contributed by atoms with Gasteiger partial charge in [0.1, 0.15) is 5.15 Å². The largest absolute Gasteiger partial charge is 0.388 e. The van der Waals surface area contributed by atoms with Crippen molar-refractivity contribution in [3.05, 3.63) is 41.5 Å². The minimum Gasteiger partial charge on any atom is -0.388 e. The van der Waals surface area contributed by atoms with E-state index in [0.29, 0.717) is 6.42 Å². The maximum absolute atomic E-state index is 13.0. The van der Waals surface area contributed by atoms with E-state index in [9.17, 15) is 9.50 Å². The lowest BCUT2D eigenvalue weighted by atomic mass is 10.1. The van der Waals surface area contributed by atoms with Crippen LogP contribution in [0.2, 0.25) is 5.15 Å². The van der Waals surface area contributed by atoms with Crippen LogP contribution in [0.15, 0.2) is 24.8 Å². The number of hydrogen-bond acceptors (Lipinski definition) is 2. The van der Waals surface area contributed by atoms with Crippen LogP contribution in [0.25, 0.3) is 0 Å². The summed E-state index contributed by atoms with van der Waals surface area (Å²) in [7, 11) is 0. The van der Waals surface area contributed by atoms with Crippen molar-refractivity contribution >= 4 is 11.6 Å². The van der Waals surface area contributed by atoms with Gasteiger partial charge in [-0.3, -0.25) is 0 Å². The van der Waals surface area contributed by atoms with Crippen molar-refractivity contribution in [1.29, 1.82) is 0 Å². The number of aliphatic hydroxyl groups is 1. The van der Waals surface area contributed by atoms with Crippen molar-refractivity contribution in [2.24, 2.45) is 0 Å². The molecule has 0 aliphatic heterocycles. The standard InChI is InChI=1S/C9H9ClFNO/c1-2-3-7(13)6-4-5-8(10)12-9(6)11/h2,4-5,7,13H,1,3H2. The molecule has 13 heavy (non-hydrogen) atoms. The van der Waals surface area contributed by atoms with Gasteiger partial charge in [0, 0.05) is 5.56 Å². The molecule has 1 heterocycles. The summed E-state index contributed by atoms with van der Waals surface area (Å²) < 4.78 is 13.0. The Labute approximate surface area is 80.7 Å². The summed E-state index contributed by atoms with van der Waals surface area (Å²) >= 11 is 5.45. The molecule has 70 valence electrons. The Morgan fingerprint density at radius 3 is 2.92 bits per heavy atom. The van der Waals surface area contributed by atoms with E-state index in [4.69, 9.17) is 11.6 Å². The normalized spacial score (nSPS) is 12.5. The molecular weight excluding hydrogens is 193 g/mol. The van der Waals surface area contributed by atoms with E-state index in [1.807, 2.05) is 0 Å². The van der Waals surface area contributed by atoms with Crippen molar-refractivity contribution in [2.45, 2.75) is 12.5 Å². The van der Waals surface area contributed by atoms with Crippen LogP contribution in [0.3, 0.4) is 0 Å². The molecule has 0 amide bonds. The Balaban J connectivity index is 2.94. The van der Waals surface area contributed by atoms with Gasteiger partial charge in [0.25, 0.3) is 0 Å². The molecule has 1 aromatic heterocycles. The molecule has 0 fully saturated rings. The van der Waals surface area contributed by atoms with E-state index < -0.39 is 12.1 Å². The van der Waals surface area contributed by atoms with Crippen LogP contribution in [-0.2, 0) is 0 Å².